The number of nitrogens with zero attached hydrogens (tertiary/aromatic N) is 3. The lowest BCUT2D eigenvalue weighted by molar-refractivity contribution is -0.192. The van der Waals surface area contributed by atoms with Crippen molar-refractivity contribution in [2.75, 3.05) is 48.5 Å². The van der Waals surface area contributed by atoms with Crippen LogP contribution in [0.5, 0.6) is 5.75 Å². The van der Waals surface area contributed by atoms with Gasteiger partial charge in [0.25, 0.3) is 10.0 Å². The maximum absolute atomic E-state index is 13.8. The van der Waals surface area contributed by atoms with Gasteiger partial charge in [0.1, 0.15) is 11.5 Å². The predicted octanol–water partition coefficient (Wildman–Crippen LogP) is 3.17. The van der Waals surface area contributed by atoms with E-state index in [4.69, 9.17) is 14.6 Å². The third kappa shape index (κ3) is 5.57. The molecule has 9 nitrogen and oxygen atoms in total. The number of carbonyl (C=O) groups is 1. The van der Waals surface area contributed by atoms with Gasteiger partial charge in [0.15, 0.2) is 5.75 Å². The van der Waals surface area contributed by atoms with Crippen LogP contribution in [0.3, 0.4) is 0 Å². The molecule has 13 heteroatoms. The number of ether oxygens (including phenoxy) is 1. The second kappa shape index (κ2) is 10.4. The molecule has 0 amide bonds. The van der Waals surface area contributed by atoms with E-state index in [-0.39, 0.29) is 11.4 Å². The van der Waals surface area contributed by atoms with E-state index >= 15 is 0 Å². The quantitative estimate of drug-likeness (QED) is 0.523. The highest BCUT2D eigenvalue weighted by Crippen LogP contribution is 2.44. The molecule has 0 aliphatic carbocycles. The van der Waals surface area contributed by atoms with Crippen LogP contribution in [0.2, 0.25) is 0 Å². The molecule has 0 radical (unpaired) electrons. The summed E-state index contributed by atoms with van der Waals surface area (Å²) >= 11 is 0. The number of piperazine rings is 1. The Kier molecular flexibility index (Phi) is 7.46. The molecule has 0 spiro atoms. The number of para-hydroxylation sites is 1. The number of aryl methyl sites for hydroxylation is 1. The standard InChI is InChI=1S/C22H24N4O3S.C2HF3O2/c1-16-14-18(25-10-8-23-9-11-25)22-19(15-16)26(12-13-29-22)30(27,28)20-6-2-4-17-5-3-7-24-21(17)20;3-2(4,5)1(6)7/h2-7,14-15,23H,8-13H2,1H3;(H,6,7). The summed E-state index contributed by atoms with van der Waals surface area (Å²) in [5.41, 5.74) is 3.05. The highest BCUT2D eigenvalue weighted by atomic mass is 32.2. The molecule has 0 unspecified atom stereocenters. The van der Waals surface area contributed by atoms with Crippen molar-refractivity contribution in [3.8, 4) is 5.75 Å². The van der Waals surface area contributed by atoms with Gasteiger partial charge in [-0.25, -0.2) is 13.2 Å². The second-order valence-corrected chi connectivity index (χ2v) is 10.3. The second-order valence-electron chi connectivity index (χ2n) is 8.43. The average Bonchev–Trinajstić information content (AvgIpc) is 2.87. The van der Waals surface area contributed by atoms with Crippen LogP contribution in [-0.4, -0.2) is 70.0 Å². The first-order valence-electron chi connectivity index (χ1n) is 11.4. The van der Waals surface area contributed by atoms with Crippen LogP contribution in [0, 0.1) is 6.92 Å². The number of anilines is 2. The van der Waals surface area contributed by atoms with Gasteiger partial charge in [-0.1, -0.05) is 18.2 Å². The Balaban J connectivity index is 0.000000405. The molecular formula is C24H25F3N4O5S. The molecule has 0 bridgehead atoms. The molecular weight excluding hydrogens is 513 g/mol. The molecule has 37 heavy (non-hydrogen) atoms. The number of benzene rings is 2. The maximum Gasteiger partial charge on any atom is 0.490 e. The van der Waals surface area contributed by atoms with E-state index in [0.717, 1.165) is 42.8 Å². The number of aromatic nitrogens is 1. The molecule has 2 aliphatic rings. The van der Waals surface area contributed by atoms with Crippen LogP contribution < -0.4 is 19.3 Å². The summed E-state index contributed by atoms with van der Waals surface area (Å²) in [7, 11) is -3.81. The molecule has 3 aromatic rings. The van der Waals surface area contributed by atoms with Crippen molar-refractivity contribution in [1.29, 1.82) is 0 Å². The van der Waals surface area contributed by atoms with E-state index in [1.807, 2.05) is 31.2 Å². The van der Waals surface area contributed by atoms with E-state index in [2.05, 4.69) is 21.3 Å². The zero-order chi connectivity index (χ0) is 26.8. The first-order valence-corrected chi connectivity index (χ1v) is 12.8. The van der Waals surface area contributed by atoms with Crippen molar-refractivity contribution >= 4 is 38.3 Å². The predicted molar refractivity (Wildman–Crippen MR) is 132 cm³/mol. The van der Waals surface area contributed by atoms with Crippen LogP contribution >= 0.6 is 0 Å². The smallest absolute Gasteiger partial charge is 0.487 e. The van der Waals surface area contributed by atoms with Crippen molar-refractivity contribution in [2.24, 2.45) is 0 Å². The molecule has 198 valence electrons. The van der Waals surface area contributed by atoms with Crippen LogP contribution in [0.15, 0.2) is 53.6 Å². The van der Waals surface area contributed by atoms with Gasteiger partial charge in [-0.2, -0.15) is 13.2 Å². The first kappa shape index (κ1) is 26.5. The van der Waals surface area contributed by atoms with Gasteiger partial charge in [0.05, 0.1) is 23.4 Å². The number of nitrogens with one attached hydrogen (secondary N) is 1. The third-order valence-corrected chi connectivity index (χ3v) is 7.71. The molecule has 2 N–H and O–H groups in total. The van der Waals surface area contributed by atoms with Gasteiger partial charge in [-0.05, 0) is 36.8 Å². The molecule has 5 rings (SSSR count). The molecule has 3 heterocycles. The van der Waals surface area contributed by atoms with Crippen LogP contribution in [0.4, 0.5) is 24.5 Å². The Labute approximate surface area is 211 Å². The highest BCUT2D eigenvalue weighted by Gasteiger charge is 2.38. The Bertz CT molecular complexity index is 1400. The lowest BCUT2D eigenvalue weighted by Crippen LogP contribution is -2.44. The molecule has 0 saturated carbocycles. The minimum atomic E-state index is -5.08. The summed E-state index contributed by atoms with van der Waals surface area (Å²) in [5.74, 6) is -2.11. The Morgan fingerprint density at radius 2 is 1.73 bits per heavy atom. The normalized spacial score (nSPS) is 15.9. The van der Waals surface area contributed by atoms with Gasteiger partial charge < -0.3 is 20.1 Å². The van der Waals surface area contributed by atoms with E-state index in [1.54, 1.807) is 18.3 Å². The van der Waals surface area contributed by atoms with E-state index < -0.39 is 22.2 Å². The van der Waals surface area contributed by atoms with Gasteiger partial charge in [-0.3, -0.25) is 9.29 Å². The SMILES string of the molecule is Cc1cc(N2CCNCC2)c2c(c1)N(S(=O)(=O)c1cccc3cccnc13)CCO2.O=C(O)C(F)(F)F. The summed E-state index contributed by atoms with van der Waals surface area (Å²) in [6, 6.07) is 12.9. The number of hydrogen-bond acceptors (Lipinski definition) is 7. The van der Waals surface area contributed by atoms with Crippen molar-refractivity contribution in [3.05, 3.63) is 54.2 Å². The minimum absolute atomic E-state index is 0.221. The molecule has 2 aromatic carbocycles. The average molecular weight is 539 g/mol. The maximum atomic E-state index is 13.8. The number of halogens is 3. The topological polar surface area (TPSA) is 112 Å². The number of carboxylic acid groups (broad SMARTS) is 1. The lowest BCUT2D eigenvalue weighted by Gasteiger charge is -2.36. The Hall–Kier alpha value is -3.58. The van der Waals surface area contributed by atoms with Crippen molar-refractivity contribution < 1.29 is 36.2 Å². The van der Waals surface area contributed by atoms with Gasteiger partial charge >= 0.3 is 12.1 Å². The Morgan fingerprint density at radius 3 is 2.41 bits per heavy atom. The van der Waals surface area contributed by atoms with Crippen molar-refractivity contribution in [1.82, 2.24) is 10.3 Å². The lowest BCUT2D eigenvalue weighted by atomic mass is 10.1. The van der Waals surface area contributed by atoms with E-state index in [9.17, 15) is 21.6 Å². The number of sulfonamides is 1. The summed E-state index contributed by atoms with van der Waals surface area (Å²) in [5, 5.41) is 11.3. The summed E-state index contributed by atoms with van der Waals surface area (Å²) < 4.78 is 66.8. The van der Waals surface area contributed by atoms with Gasteiger partial charge in [0.2, 0.25) is 0 Å². The summed E-state index contributed by atoms with van der Waals surface area (Å²) in [6.45, 7) is 6.08. The largest absolute Gasteiger partial charge is 0.490 e. The fourth-order valence-corrected chi connectivity index (χ4v) is 5.83. The van der Waals surface area contributed by atoms with Crippen molar-refractivity contribution in [2.45, 2.75) is 18.0 Å². The fourth-order valence-electron chi connectivity index (χ4n) is 4.21. The number of aliphatic carboxylic acids is 1. The van der Waals surface area contributed by atoms with Gasteiger partial charge in [-0.15, -0.1) is 0 Å². The fraction of sp³-hybridized carbons (Fsp3) is 0.333. The Morgan fingerprint density at radius 1 is 1.08 bits per heavy atom. The highest BCUT2D eigenvalue weighted by molar-refractivity contribution is 7.93. The van der Waals surface area contributed by atoms with E-state index in [1.165, 1.54) is 4.31 Å². The molecule has 1 saturated heterocycles. The monoisotopic (exact) mass is 538 g/mol. The number of fused-ring (bicyclic) bond motifs is 2. The number of pyridine rings is 1. The van der Waals surface area contributed by atoms with Crippen LogP contribution in [-0.2, 0) is 14.8 Å². The third-order valence-electron chi connectivity index (χ3n) is 5.87. The molecule has 1 aromatic heterocycles. The first-order chi connectivity index (χ1) is 17.5. The number of carboxylic acids is 1. The van der Waals surface area contributed by atoms with Crippen molar-refractivity contribution in [3.63, 3.8) is 0 Å². The summed E-state index contributed by atoms with van der Waals surface area (Å²) in [4.78, 5) is 15.7. The minimum Gasteiger partial charge on any atom is -0.487 e. The molecule has 1 fully saturated rings. The van der Waals surface area contributed by atoms with Gasteiger partial charge in [0, 0.05) is 37.8 Å². The zero-order valence-corrected chi connectivity index (χ0v) is 20.6. The van der Waals surface area contributed by atoms with Crippen LogP contribution in [0.1, 0.15) is 5.56 Å². The summed E-state index contributed by atoms with van der Waals surface area (Å²) in [6.07, 6.45) is -3.46. The van der Waals surface area contributed by atoms with Crippen LogP contribution in [0.25, 0.3) is 10.9 Å². The number of hydrogen-bond donors (Lipinski definition) is 2. The number of rotatable bonds is 3. The number of alkyl halides is 3. The van der Waals surface area contributed by atoms with E-state index in [0.29, 0.717) is 23.6 Å². The molecule has 2 aliphatic heterocycles. The zero-order valence-electron chi connectivity index (χ0n) is 19.8. The molecule has 0 atom stereocenters.